The van der Waals surface area contributed by atoms with Crippen molar-refractivity contribution in [3.05, 3.63) is 18.0 Å². The molecule has 2 N–H and O–H groups in total. The quantitative estimate of drug-likeness (QED) is 0.811. The van der Waals surface area contributed by atoms with Crippen LogP contribution in [0.4, 0.5) is 5.69 Å². The molecule has 0 spiro atoms. The highest BCUT2D eigenvalue weighted by molar-refractivity contribution is 5.56. The third-order valence-electron chi connectivity index (χ3n) is 3.03. The van der Waals surface area contributed by atoms with E-state index in [-0.39, 0.29) is 12.1 Å². The average molecular weight is 237 g/mol. The number of hydrogen-bond acceptors (Lipinski definition) is 5. The summed E-state index contributed by atoms with van der Waals surface area (Å²) in [6.07, 6.45) is 1.93. The second-order valence-corrected chi connectivity index (χ2v) is 4.21. The van der Waals surface area contributed by atoms with E-state index in [4.69, 9.17) is 9.47 Å². The SMILES string of the molecule is COc1cnc(C)cc1NC1CNC[C@@H]1OC. The molecular formula is C12H19N3O2. The van der Waals surface area contributed by atoms with Gasteiger partial charge in [-0.3, -0.25) is 4.98 Å². The van der Waals surface area contributed by atoms with Gasteiger partial charge in [0.2, 0.25) is 0 Å². The lowest BCUT2D eigenvalue weighted by Crippen LogP contribution is -2.33. The van der Waals surface area contributed by atoms with E-state index in [1.54, 1.807) is 20.4 Å². The summed E-state index contributed by atoms with van der Waals surface area (Å²) in [5.41, 5.74) is 1.93. The van der Waals surface area contributed by atoms with Gasteiger partial charge < -0.3 is 20.1 Å². The average Bonchev–Trinajstić information content (AvgIpc) is 2.77. The number of hydrogen-bond donors (Lipinski definition) is 2. The van der Waals surface area contributed by atoms with Crippen LogP contribution < -0.4 is 15.4 Å². The van der Waals surface area contributed by atoms with Crippen LogP contribution in [0.15, 0.2) is 12.3 Å². The zero-order valence-corrected chi connectivity index (χ0v) is 10.5. The fraction of sp³-hybridized carbons (Fsp3) is 0.583. The van der Waals surface area contributed by atoms with E-state index in [0.29, 0.717) is 0 Å². The van der Waals surface area contributed by atoms with Crippen molar-refractivity contribution in [3.8, 4) is 5.75 Å². The van der Waals surface area contributed by atoms with E-state index in [9.17, 15) is 0 Å². The van der Waals surface area contributed by atoms with Crippen LogP contribution in [-0.2, 0) is 4.74 Å². The number of rotatable bonds is 4. The molecule has 0 aromatic carbocycles. The molecule has 1 aromatic heterocycles. The summed E-state index contributed by atoms with van der Waals surface area (Å²) in [5, 5.41) is 6.75. The van der Waals surface area contributed by atoms with Crippen molar-refractivity contribution in [2.45, 2.75) is 19.1 Å². The van der Waals surface area contributed by atoms with Crippen LogP contribution in [0.3, 0.4) is 0 Å². The molecule has 1 fully saturated rings. The van der Waals surface area contributed by atoms with Crippen LogP contribution in [0.2, 0.25) is 0 Å². The fourth-order valence-electron chi connectivity index (χ4n) is 2.07. The van der Waals surface area contributed by atoms with Gasteiger partial charge in [-0.1, -0.05) is 0 Å². The molecule has 1 aliphatic heterocycles. The Bertz CT molecular complexity index is 384. The van der Waals surface area contributed by atoms with Crippen LogP contribution in [0.5, 0.6) is 5.75 Å². The molecule has 17 heavy (non-hydrogen) atoms. The van der Waals surface area contributed by atoms with E-state index >= 15 is 0 Å². The highest BCUT2D eigenvalue weighted by Crippen LogP contribution is 2.25. The first-order chi connectivity index (χ1) is 8.24. The molecule has 1 saturated heterocycles. The Morgan fingerprint density at radius 1 is 1.41 bits per heavy atom. The van der Waals surface area contributed by atoms with Gasteiger partial charge in [0.15, 0.2) is 5.75 Å². The van der Waals surface area contributed by atoms with Crippen molar-refractivity contribution in [1.29, 1.82) is 0 Å². The van der Waals surface area contributed by atoms with Gasteiger partial charge in [0.25, 0.3) is 0 Å². The second-order valence-electron chi connectivity index (χ2n) is 4.21. The van der Waals surface area contributed by atoms with Crippen molar-refractivity contribution >= 4 is 5.69 Å². The Morgan fingerprint density at radius 2 is 2.24 bits per heavy atom. The Kier molecular flexibility index (Phi) is 3.81. The number of anilines is 1. The minimum absolute atomic E-state index is 0.188. The van der Waals surface area contributed by atoms with Crippen molar-refractivity contribution < 1.29 is 9.47 Å². The summed E-state index contributed by atoms with van der Waals surface area (Å²) in [5.74, 6) is 0.761. The lowest BCUT2D eigenvalue weighted by atomic mass is 10.2. The van der Waals surface area contributed by atoms with Gasteiger partial charge in [0.1, 0.15) is 0 Å². The van der Waals surface area contributed by atoms with Gasteiger partial charge in [0.05, 0.1) is 31.1 Å². The molecule has 0 saturated carbocycles. The lowest BCUT2D eigenvalue weighted by molar-refractivity contribution is 0.111. The predicted octanol–water partition coefficient (Wildman–Crippen LogP) is 0.797. The van der Waals surface area contributed by atoms with Gasteiger partial charge in [0, 0.05) is 25.9 Å². The molecule has 5 heteroatoms. The van der Waals surface area contributed by atoms with E-state index in [1.807, 2.05) is 13.0 Å². The lowest BCUT2D eigenvalue weighted by Gasteiger charge is -2.21. The maximum atomic E-state index is 5.42. The van der Waals surface area contributed by atoms with Crippen molar-refractivity contribution in [2.24, 2.45) is 0 Å². The summed E-state index contributed by atoms with van der Waals surface area (Å²) >= 11 is 0. The summed E-state index contributed by atoms with van der Waals surface area (Å²) in [6, 6.07) is 2.25. The van der Waals surface area contributed by atoms with Gasteiger partial charge in [-0.05, 0) is 13.0 Å². The summed E-state index contributed by atoms with van der Waals surface area (Å²) < 4.78 is 10.7. The van der Waals surface area contributed by atoms with E-state index in [0.717, 1.165) is 30.2 Å². The standard InChI is InChI=1S/C12H19N3O2/c1-8-4-9(12(17-3)7-14-8)15-10-5-13-6-11(10)16-2/h4,7,10-11,13H,5-6H2,1-3H3,(H,14,15)/t10?,11-/m0/s1. The fourth-order valence-corrected chi connectivity index (χ4v) is 2.07. The monoisotopic (exact) mass is 237 g/mol. The van der Waals surface area contributed by atoms with Crippen LogP contribution >= 0.6 is 0 Å². The Labute approximate surface area is 102 Å². The first kappa shape index (κ1) is 12.1. The third kappa shape index (κ3) is 2.68. The maximum Gasteiger partial charge on any atom is 0.160 e. The molecule has 2 rings (SSSR count). The van der Waals surface area contributed by atoms with Gasteiger partial charge in [-0.15, -0.1) is 0 Å². The number of nitrogens with one attached hydrogen (secondary N) is 2. The Hall–Kier alpha value is -1.33. The summed E-state index contributed by atoms with van der Waals surface area (Å²) in [6.45, 7) is 3.73. The topological polar surface area (TPSA) is 55.4 Å². The van der Waals surface area contributed by atoms with Crippen LogP contribution in [0, 0.1) is 6.92 Å². The minimum Gasteiger partial charge on any atom is -0.493 e. The molecule has 2 heterocycles. The Balaban J connectivity index is 2.14. The molecule has 94 valence electrons. The van der Waals surface area contributed by atoms with Gasteiger partial charge >= 0.3 is 0 Å². The first-order valence-electron chi connectivity index (χ1n) is 5.75. The highest BCUT2D eigenvalue weighted by Gasteiger charge is 2.27. The number of methoxy groups -OCH3 is 2. The molecule has 1 aliphatic rings. The molecule has 1 unspecified atom stereocenters. The van der Waals surface area contributed by atoms with Crippen molar-refractivity contribution in [1.82, 2.24) is 10.3 Å². The summed E-state index contributed by atoms with van der Waals surface area (Å²) in [4.78, 5) is 4.21. The summed E-state index contributed by atoms with van der Waals surface area (Å²) in [7, 11) is 3.39. The maximum absolute atomic E-state index is 5.42. The molecular weight excluding hydrogens is 218 g/mol. The number of aryl methyl sites for hydroxylation is 1. The number of pyridine rings is 1. The van der Waals surface area contributed by atoms with Crippen LogP contribution in [-0.4, -0.2) is 44.4 Å². The van der Waals surface area contributed by atoms with Crippen molar-refractivity contribution in [2.75, 3.05) is 32.6 Å². The molecule has 0 radical (unpaired) electrons. The number of aromatic nitrogens is 1. The number of ether oxygens (including phenoxy) is 2. The zero-order chi connectivity index (χ0) is 12.3. The van der Waals surface area contributed by atoms with E-state index in [2.05, 4.69) is 15.6 Å². The zero-order valence-electron chi connectivity index (χ0n) is 10.5. The van der Waals surface area contributed by atoms with Crippen molar-refractivity contribution in [3.63, 3.8) is 0 Å². The largest absolute Gasteiger partial charge is 0.493 e. The normalized spacial score (nSPS) is 23.7. The molecule has 5 nitrogen and oxygen atoms in total. The van der Waals surface area contributed by atoms with Crippen LogP contribution in [0.25, 0.3) is 0 Å². The van der Waals surface area contributed by atoms with E-state index < -0.39 is 0 Å². The van der Waals surface area contributed by atoms with Gasteiger partial charge in [-0.25, -0.2) is 0 Å². The highest BCUT2D eigenvalue weighted by atomic mass is 16.5. The molecule has 1 aromatic rings. The molecule has 0 bridgehead atoms. The smallest absolute Gasteiger partial charge is 0.160 e. The molecule has 0 aliphatic carbocycles. The van der Waals surface area contributed by atoms with Crippen LogP contribution in [0.1, 0.15) is 5.69 Å². The Morgan fingerprint density at radius 3 is 2.94 bits per heavy atom. The molecule has 0 amide bonds. The predicted molar refractivity (Wildman–Crippen MR) is 66.6 cm³/mol. The number of nitrogens with zero attached hydrogens (tertiary/aromatic N) is 1. The third-order valence-corrected chi connectivity index (χ3v) is 3.03. The van der Waals surface area contributed by atoms with E-state index in [1.165, 1.54) is 0 Å². The minimum atomic E-state index is 0.188. The molecule has 2 atom stereocenters. The second kappa shape index (κ2) is 5.33. The van der Waals surface area contributed by atoms with Gasteiger partial charge in [-0.2, -0.15) is 0 Å². The first-order valence-corrected chi connectivity index (χ1v) is 5.75.